The molecule has 0 bridgehead atoms. The largest absolute Gasteiger partial charge is 0.488 e. The summed E-state index contributed by atoms with van der Waals surface area (Å²) < 4.78 is 11.5. The van der Waals surface area contributed by atoms with Gasteiger partial charge < -0.3 is 25.2 Å². The molecule has 1 aromatic heterocycles. The predicted octanol–water partition coefficient (Wildman–Crippen LogP) is 2.57. The number of H-pyrrole nitrogens is 1. The molecule has 3 heterocycles. The van der Waals surface area contributed by atoms with Crippen LogP contribution in [0.3, 0.4) is 0 Å². The van der Waals surface area contributed by atoms with Crippen LogP contribution in [-0.4, -0.2) is 59.5 Å². The molecule has 5 rings (SSSR count). The van der Waals surface area contributed by atoms with E-state index in [0.717, 1.165) is 50.7 Å². The number of benzene rings is 1. The molecule has 1 aliphatic carbocycles. The summed E-state index contributed by atoms with van der Waals surface area (Å²) in [7, 11) is 0. The number of aromatic amines is 1. The lowest BCUT2D eigenvalue weighted by atomic mass is 10.0. The molecule has 1 saturated carbocycles. The fourth-order valence-electron chi connectivity index (χ4n) is 4.49. The minimum atomic E-state index is -0.252. The molecule has 3 fully saturated rings. The summed E-state index contributed by atoms with van der Waals surface area (Å²) in [5.74, 6) is 2.61. The smallest absolute Gasteiger partial charge is 0.261 e. The summed E-state index contributed by atoms with van der Waals surface area (Å²) in [6, 6.07) is 10.2. The molecule has 0 spiro atoms. The van der Waals surface area contributed by atoms with Crippen molar-refractivity contribution in [2.75, 3.05) is 31.6 Å². The number of para-hydroxylation sites is 1. The minimum Gasteiger partial charge on any atom is -0.488 e. The van der Waals surface area contributed by atoms with Gasteiger partial charge in [-0.2, -0.15) is 0 Å². The third-order valence-electron chi connectivity index (χ3n) is 6.34. The maximum absolute atomic E-state index is 12.8. The summed E-state index contributed by atoms with van der Waals surface area (Å²) in [6.45, 7) is 3.04. The van der Waals surface area contributed by atoms with Crippen LogP contribution in [0.5, 0.6) is 5.75 Å². The average molecular weight is 424 g/mol. The highest BCUT2D eigenvalue weighted by atomic mass is 16.5. The van der Waals surface area contributed by atoms with E-state index in [2.05, 4.69) is 15.2 Å². The average Bonchev–Trinajstić information content (AvgIpc) is 3.59. The Hall–Kier alpha value is -2.71. The maximum atomic E-state index is 12.8. The van der Waals surface area contributed by atoms with Gasteiger partial charge in [-0.3, -0.25) is 9.69 Å². The number of nitrogens with zero attached hydrogens (tertiary/aromatic N) is 2. The summed E-state index contributed by atoms with van der Waals surface area (Å²) in [6.07, 6.45) is 5.28. The van der Waals surface area contributed by atoms with Crippen molar-refractivity contribution in [1.29, 1.82) is 5.41 Å². The van der Waals surface area contributed by atoms with Gasteiger partial charge in [-0.1, -0.05) is 18.2 Å². The van der Waals surface area contributed by atoms with Crippen molar-refractivity contribution in [2.24, 2.45) is 5.92 Å². The highest BCUT2D eigenvalue weighted by Gasteiger charge is 2.44. The Bertz CT molecular complexity index is 963. The number of ether oxygens (including phenoxy) is 2. The van der Waals surface area contributed by atoms with Gasteiger partial charge in [-0.05, 0) is 43.7 Å². The van der Waals surface area contributed by atoms with Gasteiger partial charge in [0.15, 0.2) is 0 Å². The molecule has 1 unspecified atom stereocenters. The van der Waals surface area contributed by atoms with Crippen LogP contribution in [0, 0.1) is 11.3 Å². The summed E-state index contributed by atoms with van der Waals surface area (Å²) in [4.78, 5) is 22.9. The Labute approximate surface area is 181 Å². The Morgan fingerprint density at radius 1 is 1.19 bits per heavy atom. The molecule has 2 saturated heterocycles. The van der Waals surface area contributed by atoms with Crippen molar-refractivity contribution >= 4 is 12.0 Å². The normalized spacial score (nSPS) is 21.3. The molecule has 2 aliphatic heterocycles. The van der Waals surface area contributed by atoms with Crippen LogP contribution in [0.1, 0.15) is 43.1 Å². The number of rotatable bonds is 8. The van der Waals surface area contributed by atoms with Gasteiger partial charge in [0.25, 0.3) is 5.56 Å². The summed E-state index contributed by atoms with van der Waals surface area (Å²) in [5.41, 5.74) is 0.0384. The first-order chi connectivity index (χ1) is 15.2. The summed E-state index contributed by atoms with van der Waals surface area (Å²) in [5, 5.41) is 11.1. The third kappa shape index (κ3) is 4.50. The Balaban J connectivity index is 1.33. The molecule has 8 nitrogen and oxygen atoms in total. The number of hydrogen-bond donors (Lipinski definition) is 3. The van der Waals surface area contributed by atoms with Crippen LogP contribution in [-0.2, 0) is 4.74 Å². The van der Waals surface area contributed by atoms with Crippen molar-refractivity contribution in [3.8, 4) is 5.75 Å². The zero-order valence-corrected chi connectivity index (χ0v) is 17.5. The topological polar surface area (TPSA) is 103 Å². The van der Waals surface area contributed by atoms with Crippen molar-refractivity contribution < 1.29 is 9.47 Å². The van der Waals surface area contributed by atoms with Gasteiger partial charge >= 0.3 is 0 Å². The van der Waals surface area contributed by atoms with Crippen molar-refractivity contribution in [3.63, 3.8) is 0 Å². The molecule has 2 aromatic rings. The van der Waals surface area contributed by atoms with Gasteiger partial charge in [0.1, 0.15) is 23.5 Å². The van der Waals surface area contributed by atoms with Gasteiger partial charge in [0.05, 0.1) is 11.6 Å². The van der Waals surface area contributed by atoms with Crippen molar-refractivity contribution in [2.45, 2.75) is 43.9 Å². The fourth-order valence-corrected chi connectivity index (χ4v) is 4.49. The van der Waals surface area contributed by atoms with E-state index in [0.29, 0.717) is 36.3 Å². The molecule has 0 amide bonds. The van der Waals surface area contributed by atoms with Gasteiger partial charge in [-0.15, -0.1) is 0 Å². The van der Waals surface area contributed by atoms with E-state index in [9.17, 15) is 4.79 Å². The van der Waals surface area contributed by atoms with E-state index in [-0.39, 0.29) is 23.7 Å². The second-order valence-electron chi connectivity index (χ2n) is 8.68. The lowest BCUT2D eigenvalue weighted by Crippen LogP contribution is -2.55. The number of anilines is 1. The number of hydrogen-bond acceptors (Lipinski definition) is 7. The molecule has 0 radical (unpaired) electrons. The number of aromatic nitrogens is 2. The molecule has 1 atom stereocenters. The molecule has 164 valence electrons. The maximum Gasteiger partial charge on any atom is 0.261 e. The van der Waals surface area contributed by atoms with Gasteiger partial charge in [-0.25, -0.2) is 4.98 Å². The molecular formula is C23H29N5O3. The molecule has 1 aromatic carbocycles. The number of likely N-dealkylation sites (tertiary alicyclic amines) is 1. The Kier molecular flexibility index (Phi) is 5.74. The van der Waals surface area contributed by atoms with Crippen molar-refractivity contribution in [3.05, 3.63) is 52.1 Å². The van der Waals surface area contributed by atoms with E-state index in [1.807, 2.05) is 30.3 Å². The van der Waals surface area contributed by atoms with E-state index < -0.39 is 0 Å². The van der Waals surface area contributed by atoms with Crippen LogP contribution in [0.25, 0.3) is 0 Å². The first-order valence-corrected chi connectivity index (χ1v) is 11.2. The van der Waals surface area contributed by atoms with Crippen LogP contribution in [0.15, 0.2) is 35.1 Å². The monoisotopic (exact) mass is 423 g/mol. The first-order valence-electron chi connectivity index (χ1n) is 11.2. The number of nitrogens with one attached hydrogen (secondary N) is 3. The zero-order valence-electron chi connectivity index (χ0n) is 17.5. The highest BCUT2D eigenvalue weighted by Crippen LogP contribution is 2.45. The fraction of sp³-hybridized carbons (Fsp3) is 0.522. The molecule has 3 aliphatic rings. The highest BCUT2D eigenvalue weighted by molar-refractivity contribution is 5.83. The predicted molar refractivity (Wildman–Crippen MR) is 118 cm³/mol. The third-order valence-corrected chi connectivity index (χ3v) is 6.34. The van der Waals surface area contributed by atoms with Crippen LogP contribution in [0.2, 0.25) is 0 Å². The van der Waals surface area contributed by atoms with Crippen LogP contribution < -0.4 is 15.6 Å². The molecular weight excluding hydrogens is 394 g/mol. The minimum absolute atomic E-state index is 0.0818. The van der Waals surface area contributed by atoms with Gasteiger partial charge in [0, 0.05) is 38.6 Å². The summed E-state index contributed by atoms with van der Waals surface area (Å²) >= 11 is 0. The lowest BCUT2D eigenvalue weighted by molar-refractivity contribution is -0.0188. The van der Waals surface area contributed by atoms with E-state index in [1.54, 1.807) is 0 Å². The molecule has 31 heavy (non-hydrogen) atoms. The Morgan fingerprint density at radius 3 is 2.61 bits per heavy atom. The van der Waals surface area contributed by atoms with E-state index >= 15 is 0 Å². The zero-order chi connectivity index (χ0) is 21.2. The van der Waals surface area contributed by atoms with Crippen LogP contribution >= 0.6 is 0 Å². The van der Waals surface area contributed by atoms with Crippen molar-refractivity contribution in [1.82, 2.24) is 14.9 Å². The Morgan fingerprint density at radius 2 is 1.94 bits per heavy atom. The first kappa shape index (κ1) is 20.2. The molecule has 3 N–H and O–H groups in total. The molecule has 8 heteroatoms. The quantitative estimate of drug-likeness (QED) is 0.564. The SMILES string of the molecule is N=Cc1c(NC2CCOCC2)nc(C(C2CC2)N2CC(Oc3ccccc3)C2)[nH]c1=O. The second kappa shape index (κ2) is 8.80. The lowest BCUT2D eigenvalue weighted by Gasteiger charge is -2.43. The second-order valence-corrected chi connectivity index (χ2v) is 8.68. The van der Waals surface area contributed by atoms with Crippen LogP contribution in [0.4, 0.5) is 5.82 Å². The standard InChI is InChI=1S/C23H29N5O3/c24-12-19-21(25-16-8-10-30-11-9-16)26-22(27-23(19)29)20(15-6-7-15)28-13-18(14-28)31-17-4-2-1-3-5-17/h1-5,12,15-16,18,20,24H,6-11,13-14H2,(H2,25,26,27,29). The van der Waals surface area contributed by atoms with E-state index in [4.69, 9.17) is 19.9 Å². The van der Waals surface area contributed by atoms with Gasteiger partial charge in [0.2, 0.25) is 0 Å². The van der Waals surface area contributed by atoms with E-state index in [1.165, 1.54) is 0 Å².